The highest BCUT2D eigenvalue weighted by molar-refractivity contribution is 5.70. The third-order valence-corrected chi connectivity index (χ3v) is 6.00. The molecular weight excluding hydrogens is 486 g/mol. The summed E-state index contributed by atoms with van der Waals surface area (Å²) in [6.07, 6.45) is 0.299. The predicted octanol–water partition coefficient (Wildman–Crippen LogP) is 0.775. The highest BCUT2D eigenvalue weighted by Gasteiger charge is 2.27. The fourth-order valence-corrected chi connectivity index (χ4v) is 4.41. The monoisotopic (exact) mass is 515 g/mol. The van der Waals surface area contributed by atoms with Crippen LogP contribution in [0, 0.1) is 10.1 Å². The zero-order valence-electron chi connectivity index (χ0n) is 20.1. The zero-order valence-corrected chi connectivity index (χ0v) is 20.1. The Labute approximate surface area is 212 Å². The van der Waals surface area contributed by atoms with Crippen molar-refractivity contribution in [3.63, 3.8) is 0 Å². The van der Waals surface area contributed by atoms with Gasteiger partial charge in [0.15, 0.2) is 0 Å². The van der Waals surface area contributed by atoms with E-state index in [1.54, 1.807) is 45.0 Å². The molecule has 198 valence electrons. The fraction of sp³-hybridized carbons (Fsp3) is 0.417. The van der Waals surface area contributed by atoms with Crippen LogP contribution < -0.4 is 0 Å². The first-order valence-corrected chi connectivity index (χ1v) is 11.6. The van der Waals surface area contributed by atoms with Gasteiger partial charge in [-0.05, 0) is 24.1 Å². The minimum Gasteiger partial charge on any atom is -0.480 e. The van der Waals surface area contributed by atoms with Crippen molar-refractivity contribution in [3.8, 4) is 0 Å². The fourth-order valence-electron chi connectivity index (χ4n) is 4.41. The Kier molecular flexibility index (Phi) is 9.60. The van der Waals surface area contributed by atoms with Crippen LogP contribution >= 0.6 is 0 Å². The number of aliphatic carboxylic acids is 3. The van der Waals surface area contributed by atoms with Gasteiger partial charge in [-0.1, -0.05) is 18.2 Å². The largest absolute Gasteiger partial charge is 0.480 e. The second kappa shape index (κ2) is 12.9. The summed E-state index contributed by atoms with van der Waals surface area (Å²) in [5.74, 6) is -3.15. The van der Waals surface area contributed by atoms with Crippen molar-refractivity contribution in [2.45, 2.75) is 25.6 Å². The number of carboxylic acids is 3. The van der Waals surface area contributed by atoms with Gasteiger partial charge in [0.05, 0.1) is 35.9 Å². The van der Waals surface area contributed by atoms with Crippen molar-refractivity contribution in [1.82, 2.24) is 19.7 Å². The smallest absolute Gasteiger partial charge is 0.317 e. The lowest BCUT2D eigenvalue weighted by Crippen LogP contribution is -2.50. The number of rotatable bonds is 9. The predicted molar refractivity (Wildman–Crippen MR) is 130 cm³/mol. The van der Waals surface area contributed by atoms with Gasteiger partial charge < -0.3 is 15.3 Å². The number of non-ortho nitro benzene ring substituents is 1. The van der Waals surface area contributed by atoms with E-state index >= 15 is 0 Å². The molecule has 13 heteroatoms. The summed E-state index contributed by atoms with van der Waals surface area (Å²) < 4.78 is 0. The number of benzene rings is 1. The maximum atomic E-state index is 11.8. The standard InChI is InChI=1S/C24H29N5O8/c30-22(31)14-26-8-9-28(16-24(34)35)21(10-17-4-6-20(7-5-17)29(36)37)13-27(15-23(32)33)12-19-3-1-2-18(11-26)25-19/h1-7,21H,8-16H2,(H,30,31)(H,32,33)(H,34,35). The molecule has 0 radical (unpaired) electrons. The Balaban J connectivity index is 1.99. The average Bonchev–Trinajstić information content (AvgIpc) is 2.80. The Morgan fingerprint density at radius 2 is 1.43 bits per heavy atom. The van der Waals surface area contributed by atoms with Crippen LogP contribution in [0.3, 0.4) is 0 Å². The first-order valence-electron chi connectivity index (χ1n) is 11.6. The molecule has 2 aromatic rings. The van der Waals surface area contributed by atoms with Gasteiger partial charge in [0.25, 0.3) is 5.69 Å². The van der Waals surface area contributed by atoms with E-state index in [0.29, 0.717) is 17.8 Å². The second-order valence-electron chi connectivity index (χ2n) is 8.93. The summed E-state index contributed by atoms with van der Waals surface area (Å²) in [6.45, 7) is 0.146. The van der Waals surface area contributed by atoms with Crippen molar-refractivity contribution >= 4 is 23.6 Å². The summed E-state index contributed by atoms with van der Waals surface area (Å²) in [5.41, 5.74) is 1.87. The molecule has 1 aliphatic rings. The van der Waals surface area contributed by atoms with E-state index in [-0.39, 0.29) is 58.0 Å². The third-order valence-electron chi connectivity index (χ3n) is 6.00. The van der Waals surface area contributed by atoms with Crippen molar-refractivity contribution < 1.29 is 34.6 Å². The second-order valence-corrected chi connectivity index (χ2v) is 8.93. The lowest BCUT2D eigenvalue weighted by Gasteiger charge is -2.36. The first kappa shape index (κ1) is 27.6. The molecule has 0 saturated heterocycles. The van der Waals surface area contributed by atoms with Gasteiger partial charge in [-0.15, -0.1) is 0 Å². The van der Waals surface area contributed by atoms with E-state index in [0.717, 1.165) is 5.56 Å². The number of carbonyl (C=O) groups is 3. The third kappa shape index (κ3) is 8.90. The maximum absolute atomic E-state index is 11.8. The number of aromatic nitrogens is 1. The number of nitro benzene ring substituents is 1. The van der Waals surface area contributed by atoms with Gasteiger partial charge in [-0.25, -0.2) is 0 Å². The number of hydrogen-bond acceptors (Lipinski definition) is 9. The summed E-state index contributed by atoms with van der Waals surface area (Å²) >= 11 is 0. The van der Waals surface area contributed by atoms with E-state index in [1.807, 2.05) is 0 Å². The number of hydrogen-bond donors (Lipinski definition) is 3. The molecular formula is C24H29N5O8. The van der Waals surface area contributed by atoms with Crippen molar-refractivity contribution in [2.24, 2.45) is 0 Å². The van der Waals surface area contributed by atoms with E-state index in [1.165, 1.54) is 12.1 Å². The molecule has 3 rings (SSSR count). The maximum Gasteiger partial charge on any atom is 0.317 e. The summed E-state index contributed by atoms with van der Waals surface area (Å²) in [4.78, 5) is 55.0. The average molecular weight is 516 g/mol. The molecule has 1 atom stereocenters. The Morgan fingerprint density at radius 1 is 0.865 bits per heavy atom. The van der Waals surface area contributed by atoms with Crippen molar-refractivity contribution in [1.29, 1.82) is 0 Å². The number of pyridine rings is 1. The Bertz CT molecular complexity index is 1130. The molecule has 0 amide bonds. The lowest BCUT2D eigenvalue weighted by atomic mass is 10.0. The molecule has 13 nitrogen and oxygen atoms in total. The van der Waals surface area contributed by atoms with E-state index in [2.05, 4.69) is 4.98 Å². The summed E-state index contributed by atoms with van der Waals surface area (Å²) in [7, 11) is 0. The summed E-state index contributed by atoms with van der Waals surface area (Å²) in [5, 5.41) is 39.6. The number of nitrogens with zero attached hydrogens (tertiary/aromatic N) is 5. The van der Waals surface area contributed by atoms with Crippen molar-refractivity contribution in [2.75, 3.05) is 39.3 Å². The molecule has 1 aromatic heterocycles. The molecule has 1 aliphatic heterocycles. The van der Waals surface area contributed by atoms with Crippen LogP contribution in [0.4, 0.5) is 5.69 Å². The summed E-state index contributed by atoms with van der Waals surface area (Å²) in [6, 6.07) is 10.7. The lowest BCUT2D eigenvalue weighted by molar-refractivity contribution is -0.384. The highest BCUT2D eigenvalue weighted by atomic mass is 16.6. The van der Waals surface area contributed by atoms with Crippen LogP contribution in [-0.2, 0) is 33.9 Å². The minimum atomic E-state index is -1.08. The molecule has 37 heavy (non-hydrogen) atoms. The topological polar surface area (TPSA) is 178 Å². The van der Waals surface area contributed by atoms with Gasteiger partial charge in [-0.3, -0.25) is 44.2 Å². The van der Waals surface area contributed by atoms with Crippen LogP contribution in [0.25, 0.3) is 0 Å². The van der Waals surface area contributed by atoms with Gasteiger partial charge in [-0.2, -0.15) is 0 Å². The van der Waals surface area contributed by atoms with Crippen LogP contribution in [0.5, 0.6) is 0 Å². The van der Waals surface area contributed by atoms with E-state index < -0.39 is 28.9 Å². The SMILES string of the molecule is O=C(O)CN1CCN(CC(=O)O)C(Cc2ccc([N+](=O)[O-])cc2)CN(CC(=O)O)Cc2cccc(n2)C1. The molecule has 3 N–H and O–H groups in total. The quantitative estimate of drug-likeness (QED) is 0.316. The molecule has 1 unspecified atom stereocenters. The molecule has 2 heterocycles. The minimum absolute atomic E-state index is 0.0763. The number of nitro groups is 1. The molecule has 0 fully saturated rings. The first-order chi connectivity index (χ1) is 17.6. The van der Waals surface area contributed by atoms with Gasteiger partial charge in [0.2, 0.25) is 0 Å². The zero-order chi connectivity index (χ0) is 26.9. The normalized spacial score (nSPS) is 17.9. The Hall–Kier alpha value is -3.94. The van der Waals surface area contributed by atoms with Crippen LogP contribution in [0.15, 0.2) is 42.5 Å². The molecule has 2 bridgehead atoms. The molecule has 0 saturated carbocycles. The van der Waals surface area contributed by atoms with Gasteiger partial charge in [0.1, 0.15) is 0 Å². The van der Waals surface area contributed by atoms with Crippen LogP contribution in [0.1, 0.15) is 17.0 Å². The Morgan fingerprint density at radius 3 is 2.00 bits per heavy atom. The molecule has 0 spiro atoms. The number of carboxylic acid groups (broad SMARTS) is 3. The molecule has 1 aromatic carbocycles. The highest BCUT2D eigenvalue weighted by Crippen LogP contribution is 2.18. The van der Waals surface area contributed by atoms with E-state index in [9.17, 15) is 39.8 Å². The van der Waals surface area contributed by atoms with Gasteiger partial charge in [0, 0.05) is 50.9 Å². The van der Waals surface area contributed by atoms with E-state index in [4.69, 9.17) is 0 Å². The van der Waals surface area contributed by atoms with Crippen LogP contribution in [-0.4, -0.2) is 103 Å². The van der Waals surface area contributed by atoms with Crippen molar-refractivity contribution in [3.05, 3.63) is 69.5 Å². The van der Waals surface area contributed by atoms with Crippen LogP contribution in [0.2, 0.25) is 0 Å². The van der Waals surface area contributed by atoms with Gasteiger partial charge >= 0.3 is 17.9 Å². The molecule has 0 aliphatic carbocycles. The number of fused-ring (bicyclic) bond motifs is 2.